The summed E-state index contributed by atoms with van der Waals surface area (Å²) in [5.41, 5.74) is 0.638. The summed E-state index contributed by atoms with van der Waals surface area (Å²) in [6.45, 7) is 6.81. The van der Waals surface area contributed by atoms with Crippen molar-refractivity contribution in [1.29, 1.82) is 0 Å². The summed E-state index contributed by atoms with van der Waals surface area (Å²) in [5.74, 6) is -0.324. The average Bonchev–Trinajstić information content (AvgIpc) is 2.79. The first-order valence-electron chi connectivity index (χ1n) is 7.10. The van der Waals surface area contributed by atoms with Crippen molar-refractivity contribution in [1.82, 2.24) is 10.2 Å². The molecule has 0 saturated carbocycles. The molecule has 0 aromatic heterocycles. The zero-order valence-corrected chi connectivity index (χ0v) is 13.4. The van der Waals surface area contributed by atoms with Gasteiger partial charge in [-0.3, -0.25) is 9.59 Å². The van der Waals surface area contributed by atoms with Crippen LogP contribution in [0.1, 0.15) is 32.8 Å². The van der Waals surface area contributed by atoms with E-state index in [0.717, 1.165) is 5.56 Å². The number of halogens is 1. The zero-order valence-electron chi connectivity index (χ0n) is 12.6. The molecule has 1 atom stereocenters. The van der Waals surface area contributed by atoms with Crippen molar-refractivity contribution in [2.75, 3.05) is 6.54 Å². The van der Waals surface area contributed by atoms with Gasteiger partial charge in [0, 0.05) is 30.1 Å². The Balaban J connectivity index is 1.94. The summed E-state index contributed by atoms with van der Waals surface area (Å²) >= 11 is 6.06. The van der Waals surface area contributed by atoms with E-state index in [1.807, 2.05) is 39.0 Å². The molecule has 1 aliphatic rings. The van der Waals surface area contributed by atoms with Gasteiger partial charge < -0.3 is 10.2 Å². The molecule has 0 aliphatic carbocycles. The summed E-state index contributed by atoms with van der Waals surface area (Å²) in [5, 5.41) is 3.51. The Morgan fingerprint density at radius 1 is 1.38 bits per heavy atom. The lowest BCUT2D eigenvalue weighted by Crippen LogP contribution is -2.43. The number of benzene rings is 1. The zero-order chi connectivity index (χ0) is 15.6. The minimum absolute atomic E-state index is 0.0420. The number of amides is 2. The van der Waals surface area contributed by atoms with Gasteiger partial charge in [0.25, 0.3) is 0 Å². The maximum absolute atomic E-state index is 12.2. The molecule has 1 unspecified atom stereocenters. The second-order valence-corrected chi connectivity index (χ2v) is 6.79. The van der Waals surface area contributed by atoms with E-state index in [1.165, 1.54) is 0 Å². The molecule has 114 valence electrons. The first-order valence-corrected chi connectivity index (χ1v) is 7.48. The van der Waals surface area contributed by atoms with Crippen LogP contribution in [-0.4, -0.2) is 28.8 Å². The largest absolute Gasteiger partial charge is 0.352 e. The van der Waals surface area contributed by atoms with Gasteiger partial charge in [-0.1, -0.05) is 29.8 Å². The Kier molecular flexibility index (Phi) is 4.57. The summed E-state index contributed by atoms with van der Waals surface area (Å²) in [6.07, 6.45) is 0.283. The maximum Gasteiger partial charge on any atom is 0.225 e. The van der Waals surface area contributed by atoms with Gasteiger partial charge in [-0.25, -0.2) is 0 Å². The first kappa shape index (κ1) is 15.8. The number of rotatable bonds is 3. The van der Waals surface area contributed by atoms with E-state index in [4.69, 9.17) is 11.6 Å². The van der Waals surface area contributed by atoms with Crippen LogP contribution in [0.25, 0.3) is 0 Å². The molecule has 0 bridgehead atoms. The molecule has 0 spiro atoms. The Bertz CT molecular complexity index is 551. The standard InChI is InChI=1S/C16H21ClN2O2/c1-16(2,3)19-10-12(8-14(19)20)15(21)18-9-11-6-4-5-7-13(11)17/h4-7,12H,8-10H2,1-3H3,(H,18,21). The second kappa shape index (κ2) is 6.06. The van der Waals surface area contributed by atoms with Crippen LogP contribution in [-0.2, 0) is 16.1 Å². The lowest BCUT2D eigenvalue weighted by molar-refractivity contribution is -0.132. The Hall–Kier alpha value is -1.55. The number of nitrogens with one attached hydrogen (secondary N) is 1. The number of carbonyl (C=O) groups excluding carboxylic acids is 2. The summed E-state index contributed by atoms with van der Waals surface area (Å²) in [4.78, 5) is 26.0. The van der Waals surface area contributed by atoms with Crippen LogP contribution >= 0.6 is 11.6 Å². The van der Waals surface area contributed by atoms with Crippen LogP contribution in [0.5, 0.6) is 0 Å². The highest BCUT2D eigenvalue weighted by Gasteiger charge is 2.39. The van der Waals surface area contributed by atoms with E-state index in [2.05, 4.69) is 5.32 Å². The SMILES string of the molecule is CC(C)(C)N1CC(C(=O)NCc2ccccc2Cl)CC1=O. The number of nitrogens with zero attached hydrogens (tertiary/aromatic N) is 1. The van der Waals surface area contributed by atoms with E-state index in [9.17, 15) is 9.59 Å². The second-order valence-electron chi connectivity index (χ2n) is 6.39. The number of hydrogen-bond donors (Lipinski definition) is 1. The number of carbonyl (C=O) groups is 2. The molecular weight excluding hydrogens is 288 g/mol. The molecule has 1 N–H and O–H groups in total. The lowest BCUT2D eigenvalue weighted by Gasteiger charge is -2.31. The van der Waals surface area contributed by atoms with Gasteiger partial charge in [0.05, 0.1) is 5.92 Å². The highest BCUT2D eigenvalue weighted by molar-refractivity contribution is 6.31. The average molecular weight is 309 g/mol. The van der Waals surface area contributed by atoms with Crippen molar-refractivity contribution in [3.63, 3.8) is 0 Å². The first-order chi connectivity index (χ1) is 9.79. The Morgan fingerprint density at radius 2 is 2.05 bits per heavy atom. The molecule has 2 amide bonds. The van der Waals surface area contributed by atoms with Crippen LogP contribution in [0.3, 0.4) is 0 Å². The highest BCUT2D eigenvalue weighted by Crippen LogP contribution is 2.26. The van der Waals surface area contributed by atoms with Crippen LogP contribution in [0.15, 0.2) is 24.3 Å². The van der Waals surface area contributed by atoms with E-state index in [0.29, 0.717) is 18.1 Å². The van der Waals surface area contributed by atoms with Crippen molar-refractivity contribution in [2.24, 2.45) is 5.92 Å². The maximum atomic E-state index is 12.2. The van der Waals surface area contributed by atoms with Crippen LogP contribution in [0.4, 0.5) is 0 Å². The predicted octanol–water partition coefficient (Wildman–Crippen LogP) is 2.60. The smallest absolute Gasteiger partial charge is 0.225 e. The van der Waals surface area contributed by atoms with Gasteiger partial charge in [-0.2, -0.15) is 0 Å². The van der Waals surface area contributed by atoms with E-state index in [1.54, 1.807) is 11.0 Å². The molecule has 1 aliphatic heterocycles. The van der Waals surface area contributed by atoms with E-state index in [-0.39, 0.29) is 29.7 Å². The van der Waals surface area contributed by atoms with E-state index < -0.39 is 0 Å². The molecule has 0 radical (unpaired) electrons. The summed E-state index contributed by atoms with van der Waals surface area (Å²) < 4.78 is 0. The minimum atomic E-state index is -0.279. The van der Waals surface area contributed by atoms with Gasteiger partial charge in [0.2, 0.25) is 11.8 Å². The molecule has 1 aromatic carbocycles. The highest BCUT2D eigenvalue weighted by atomic mass is 35.5. The van der Waals surface area contributed by atoms with Crippen molar-refractivity contribution < 1.29 is 9.59 Å². The van der Waals surface area contributed by atoms with Gasteiger partial charge in [-0.15, -0.1) is 0 Å². The van der Waals surface area contributed by atoms with Crippen LogP contribution < -0.4 is 5.32 Å². The summed E-state index contributed by atoms with van der Waals surface area (Å²) in [7, 11) is 0. The van der Waals surface area contributed by atoms with Crippen molar-refractivity contribution >= 4 is 23.4 Å². The van der Waals surface area contributed by atoms with Crippen LogP contribution in [0.2, 0.25) is 5.02 Å². The molecule has 1 aromatic rings. The molecule has 1 saturated heterocycles. The molecule has 5 heteroatoms. The van der Waals surface area contributed by atoms with Gasteiger partial charge in [0.15, 0.2) is 0 Å². The quantitative estimate of drug-likeness (QED) is 0.933. The third-order valence-electron chi connectivity index (χ3n) is 3.72. The molecular formula is C16H21ClN2O2. The third-order valence-corrected chi connectivity index (χ3v) is 4.09. The fraction of sp³-hybridized carbons (Fsp3) is 0.500. The number of hydrogen-bond acceptors (Lipinski definition) is 2. The normalized spacial score (nSPS) is 19.0. The Labute approximate surface area is 130 Å². The monoisotopic (exact) mass is 308 g/mol. The fourth-order valence-corrected chi connectivity index (χ4v) is 2.70. The van der Waals surface area contributed by atoms with E-state index >= 15 is 0 Å². The van der Waals surface area contributed by atoms with Gasteiger partial charge >= 0.3 is 0 Å². The molecule has 4 nitrogen and oxygen atoms in total. The molecule has 21 heavy (non-hydrogen) atoms. The van der Waals surface area contributed by atoms with Crippen molar-refractivity contribution in [3.8, 4) is 0 Å². The predicted molar refractivity (Wildman–Crippen MR) is 82.9 cm³/mol. The molecule has 1 heterocycles. The fourth-order valence-electron chi connectivity index (χ4n) is 2.50. The van der Waals surface area contributed by atoms with Crippen molar-refractivity contribution in [3.05, 3.63) is 34.9 Å². The lowest BCUT2D eigenvalue weighted by atomic mass is 10.1. The molecule has 2 rings (SSSR count). The van der Waals surface area contributed by atoms with Gasteiger partial charge in [0.1, 0.15) is 0 Å². The van der Waals surface area contributed by atoms with Crippen molar-refractivity contribution in [2.45, 2.75) is 39.3 Å². The van der Waals surface area contributed by atoms with Crippen LogP contribution in [0, 0.1) is 5.92 Å². The minimum Gasteiger partial charge on any atom is -0.352 e. The van der Waals surface area contributed by atoms with Gasteiger partial charge in [-0.05, 0) is 32.4 Å². The topological polar surface area (TPSA) is 49.4 Å². The molecule has 1 fully saturated rings. The Morgan fingerprint density at radius 3 is 2.62 bits per heavy atom. The number of likely N-dealkylation sites (tertiary alicyclic amines) is 1. The summed E-state index contributed by atoms with van der Waals surface area (Å²) in [6, 6.07) is 7.41. The third kappa shape index (κ3) is 3.76.